The molecule has 2 atom stereocenters. The Bertz CT molecular complexity index is 287. The number of ether oxygens (including phenoxy) is 1. The van der Waals surface area contributed by atoms with E-state index >= 15 is 0 Å². The van der Waals surface area contributed by atoms with Crippen LogP contribution in [0.5, 0.6) is 0 Å². The van der Waals surface area contributed by atoms with Gasteiger partial charge in [-0.15, -0.1) is 0 Å². The summed E-state index contributed by atoms with van der Waals surface area (Å²) in [5, 5.41) is 3.31. The Hall–Kier alpha value is -0.260. The zero-order valence-electron chi connectivity index (χ0n) is 11.4. The first kappa shape index (κ1) is 14.2. The molecule has 4 nitrogen and oxygen atoms in total. The first-order chi connectivity index (χ1) is 8.67. The second kappa shape index (κ2) is 6.26. The van der Waals surface area contributed by atoms with Crippen molar-refractivity contribution in [3.05, 3.63) is 0 Å². The van der Waals surface area contributed by atoms with Crippen LogP contribution >= 0.6 is 11.8 Å². The summed E-state index contributed by atoms with van der Waals surface area (Å²) in [5.41, 5.74) is -0.207. The molecule has 104 valence electrons. The van der Waals surface area contributed by atoms with Crippen LogP contribution < -0.4 is 5.32 Å². The molecule has 2 heterocycles. The summed E-state index contributed by atoms with van der Waals surface area (Å²) < 4.78 is 5.16. The largest absolute Gasteiger partial charge is 0.383 e. The van der Waals surface area contributed by atoms with Gasteiger partial charge in [0.25, 0.3) is 0 Å². The molecule has 0 spiro atoms. The van der Waals surface area contributed by atoms with Gasteiger partial charge in [0.1, 0.15) is 0 Å². The van der Waals surface area contributed by atoms with Crippen molar-refractivity contribution in [2.45, 2.75) is 25.8 Å². The molecule has 2 saturated heterocycles. The van der Waals surface area contributed by atoms with Gasteiger partial charge < -0.3 is 15.0 Å². The Morgan fingerprint density at radius 1 is 1.61 bits per heavy atom. The maximum atomic E-state index is 12.8. The van der Waals surface area contributed by atoms with E-state index in [1.807, 2.05) is 11.8 Å². The number of hydrogen-bond donors (Lipinski definition) is 1. The van der Waals surface area contributed by atoms with Crippen LogP contribution in [0.1, 0.15) is 19.8 Å². The van der Waals surface area contributed by atoms with Crippen molar-refractivity contribution < 1.29 is 9.53 Å². The van der Waals surface area contributed by atoms with Gasteiger partial charge in [-0.05, 0) is 32.1 Å². The molecule has 1 N–H and O–H groups in total. The minimum atomic E-state index is -0.207. The molecule has 0 saturated carbocycles. The zero-order chi connectivity index (χ0) is 13.0. The molecule has 0 aromatic heterocycles. The van der Waals surface area contributed by atoms with E-state index in [1.165, 1.54) is 5.75 Å². The summed E-state index contributed by atoms with van der Waals surface area (Å²) >= 11 is 1.95. The van der Waals surface area contributed by atoms with Gasteiger partial charge in [0.15, 0.2) is 0 Å². The Morgan fingerprint density at radius 2 is 2.44 bits per heavy atom. The lowest BCUT2D eigenvalue weighted by Crippen LogP contribution is -2.50. The quantitative estimate of drug-likeness (QED) is 0.809. The van der Waals surface area contributed by atoms with Crippen molar-refractivity contribution >= 4 is 17.7 Å². The average Bonchev–Trinajstić information content (AvgIpc) is 3.01. The zero-order valence-corrected chi connectivity index (χ0v) is 12.2. The molecule has 2 aliphatic rings. The lowest BCUT2D eigenvalue weighted by molar-refractivity contribution is -0.143. The summed E-state index contributed by atoms with van der Waals surface area (Å²) in [7, 11) is 1.70. The number of nitrogens with zero attached hydrogens (tertiary/aromatic N) is 1. The minimum Gasteiger partial charge on any atom is -0.383 e. The van der Waals surface area contributed by atoms with E-state index < -0.39 is 0 Å². The number of thioether (sulfide) groups is 1. The van der Waals surface area contributed by atoms with Crippen molar-refractivity contribution in [1.82, 2.24) is 10.2 Å². The normalized spacial score (nSPS) is 31.8. The van der Waals surface area contributed by atoms with Crippen LogP contribution in [0.4, 0.5) is 0 Å². The lowest BCUT2D eigenvalue weighted by atomic mass is 9.87. The highest BCUT2D eigenvalue weighted by atomic mass is 32.2. The van der Waals surface area contributed by atoms with Crippen LogP contribution in [0.25, 0.3) is 0 Å². The highest BCUT2D eigenvalue weighted by Gasteiger charge is 2.41. The van der Waals surface area contributed by atoms with Crippen molar-refractivity contribution in [1.29, 1.82) is 0 Å². The Labute approximate surface area is 114 Å². The van der Waals surface area contributed by atoms with Crippen LogP contribution in [0, 0.1) is 5.41 Å². The highest BCUT2D eigenvalue weighted by molar-refractivity contribution is 7.99. The second-order valence-electron chi connectivity index (χ2n) is 5.50. The van der Waals surface area contributed by atoms with Crippen molar-refractivity contribution in [2.24, 2.45) is 5.41 Å². The van der Waals surface area contributed by atoms with E-state index in [1.54, 1.807) is 7.11 Å². The SMILES string of the molecule is COCCN(C(=O)C1(C)CCNC1)C1CCSC1. The number of carbonyl (C=O) groups is 1. The molecule has 2 aliphatic heterocycles. The van der Waals surface area contributed by atoms with E-state index in [2.05, 4.69) is 17.1 Å². The molecule has 0 radical (unpaired) electrons. The molecule has 0 bridgehead atoms. The standard InChI is InChI=1S/C13H24N2O2S/c1-13(4-5-14-10-13)12(16)15(6-7-17-2)11-3-8-18-9-11/h11,14H,3-10H2,1-2H3. The smallest absolute Gasteiger partial charge is 0.230 e. The third kappa shape index (κ3) is 3.00. The molecule has 18 heavy (non-hydrogen) atoms. The summed E-state index contributed by atoms with van der Waals surface area (Å²) in [5.74, 6) is 2.58. The van der Waals surface area contributed by atoms with Crippen LogP contribution in [0.3, 0.4) is 0 Å². The van der Waals surface area contributed by atoms with Crippen LogP contribution in [-0.4, -0.2) is 61.7 Å². The monoisotopic (exact) mass is 272 g/mol. The number of rotatable bonds is 5. The maximum Gasteiger partial charge on any atom is 0.230 e. The van der Waals surface area contributed by atoms with Gasteiger partial charge in [0.05, 0.1) is 12.0 Å². The first-order valence-corrected chi connectivity index (χ1v) is 7.91. The fraction of sp³-hybridized carbons (Fsp3) is 0.923. The predicted octanol–water partition coefficient (Wildman–Crippen LogP) is 0.966. The fourth-order valence-electron chi connectivity index (χ4n) is 2.75. The summed E-state index contributed by atoms with van der Waals surface area (Å²) in [6.07, 6.45) is 2.08. The molecule has 2 rings (SSSR count). The molecular formula is C13H24N2O2S. The van der Waals surface area contributed by atoms with Crippen LogP contribution in [0.2, 0.25) is 0 Å². The molecule has 0 aromatic carbocycles. The second-order valence-corrected chi connectivity index (χ2v) is 6.65. The van der Waals surface area contributed by atoms with E-state index in [0.29, 0.717) is 18.6 Å². The van der Waals surface area contributed by atoms with E-state index in [4.69, 9.17) is 4.74 Å². The number of hydrogen-bond acceptors (Lipinski definition) is 4. The Kier molecular flexibility index (Phi) is 4.92. The first-order valence-electron chi connectivity index (χ1n) is 6.76. The van der Waals surface area contributed by atoms with Gasteiger partial charge in [-0.2, -0.15) is 11.8 Å². The minimum absolute atomic E-state index is 0.207. The van der Waals surface area contributed by atoms with Gasteiger partial charge in [0, 0.05) is 32.0 Å². The maximum absolute atomic E-state index is 12.8. The Balaban J connectivity index is 2.04. The van der Waals surface area contributed by atoms with Gasteiger partial charge in [-0.3, -0.25) is 4.79 Å². The molecule has 5 heteroatoms. The molecule has 2 unspecified atom stereocenters. The predicted molar refractivity (Wildman–Crippen MR) is 74.9 cm³/mol. The van der Waals surface area contributed by atoms with Gasteiger partial charge in [0.2, 0.25) is 5.91 Å². The van der Waals surface area contributed by atoms with Crippen LogP contribution in [-0.2, 0) is 9.53 Å². The summed E-state index contributed by atoms with van der Waals surface area (Å²) in [6, 6.07) is 0.412. The highest BCUT2D eigenvalue weighted by Crippen LogP contribution is 2.31. The number of amides is 1. The van der Waals surface area contributed by atoms with Gasteiger partial charge >= 0.3 is 0 Å². The van der Waals surface area contributed by atoms with Gasteiger partial charge in [-0.1, -0.05) is 0 Å². The molecular weight excluding hydrogens is 248 g/mol. The third-order valence-electron chi connectivity index (χ3n) is 4.03. The number of methoxy groups -OCH3 is 1. The molecule has 1 amide bonds. The lowest BCUT2D eigenvalue weighted by Gasteiger charge is -2.35. The Morgan fingerprint density at radius 3 is 3.00 bits per heavy atom. The van der Waals surface area contributed by atoms with Crippen molar-refractivity contribution in [3.8, 4) is 0 Å². The third-order valence-corrected chi connectivity index (χ3v) is 5.17. The summed E-state index contributed by atoms with van der Waals surface area (Å²) in [6.45, 7) is 5.23. The molecule has 0 aliphatic carbocycles. The summed E-state index contributed by atoms with van der Waals surface area (Å²) in [4.78, 5) is 14.9. The van der Waals surface area contributed by atoms with Gasteiger partial charge in [-0.25, -0.2) is 0 Å². The van der Waals surface area contributed by atoms with E-state index in [-0.39, 0.29) is 5.41 Å². The molecule has 2 fully saturated rings. The van der Waals surface area contributed by atoms with Crippen molar-refractivity contribution in [2.75, 3.05) is 44.9 Å². The van der Waals surface area contributed by atoms with E-state index in [0.717, 1.165) is 38.2 Å². The molecule has 0 aromatic rings. The van der Waals surface area contributed by atoms with Crippen molar-refractivity contribution in [3.63, 3.8) is 0 Å². The number of carbonyl (C=O) groups excluding carboxylic acids is 1. The topological polar surface area (TPSA) is 41.6 Å². The number of nitrogens with one attached hydrogen (secondary N) is 1. The average molecular weight is 272 g/mol. The van der Waals surface area contributed by atoms with Crippen LogP contribution in [0.15, 0.2) is 0 Å². The fourth-order valence-corrected chi connectivity index (χ4v) is 3.98. The van der Waals surface area contributed by atoms with E-state index in [9.17, 15) is 4.79 Å².